The van der Waals surface area contributed by atoms with Gasteiger partial charge in [-0.25, -0.2) is 0 Å². The van der Waals surface area contributed by atoms with Crippen molar-refractivity contribution < 1.29 is 4.74 Å². The van der Waals surface area contributed by atoms with Crippen LogP contribution in [0.3, 0.4) is 0 Å². The molecule has 0 aliphatic carbocycles. The molecule has 0 heterocycles. The van der Waals surface area contributed by atoms with Gasteiger partial charge in [-0.3, -0.25) is 0 Å². The molecule has 13 heavy (non-hydrogen) atoms. The van der Waals surface area contributed by atoms with Crippen molar-refractivity contribution in [3.63, 3.8) is 0 Å². The number of aryl methyl sites for hydroxylation is 1. The summed E-state index contributed by atoms with van der Waals surface area (Å²) >= 11 is 1.78. The van der Waals surface area contributed by atoms with Crippen LogP contribution in [0.4, 0.5) is 0 Å². The van der Waals surface area contributed by atoms with Crippen molar-refractivity contribution in [2.75, 3.05) is 7.11 Å². The number of hydrogen-bond donors (Lipinski definition) is 0. The quantitative estimate of drug-likeness (QED) is 0.538. The highest BCUT2D eigenvalue weighted by molar-refractivity contribution is 7.99. The third-order valence-electron chi connectivity index (χ3n) is 1.88. The maximum atomic E-state index is 5.30. The first-order chi connectivity index (χ1) is 6.26. The monoisotopic (exact) mass is 196 g/mol. The van der Waals surface area contributed by atoms with E-state index in [1.165, 1.54) is 10.5 Å². The summed E-state index contributed by atoms with van der Waals surface area (Å²) in [6.45, 7) is 4.23. The van der Waals surface area contributed by atoms with E-state index >= 15 is 0 Å². The molecular formula is C11H16OS. The number of ether oxygens (including phenoxy) is 1. The predicted molar refractivity (Wildman–Crippen MR) is 58.1 cm³/mol. The minimum atomic E-state index is 0.280. The summed E-state index contributed by atoms with van der Waals surface area (Å²) in [4.78, 5) is 1.28. The Morgan fingerprint density at radius 3 is 2.38 bits per heavy atom. The van der Waals surface area contributed by atoms with Crippen LogP contribution in [0.15, 0.2) is 29.2 Å². The highest BCUT2D eigenvalue weighted by atomic mass is 32.2. The lowest BCUT2D eigenvalue weighted by Crippen LogP contribution is -2.02. The van der Waals surface area contributed by atoms with E-state index in [-0.39, 0.29) is 5.44 Å². The van der Waals surface area contributed by atoms with Gasteiger partial charge in [0, 0.05) is 12.0 Å². The molecule has 72 valence electrons. The number of hydrogen-bond acceptors (Lipinski definition) is 2. The lowest BCUT2D eigenvalue weighted by atomic mass is 10.2. The molecular weight excluding hydrogens is 180 g/mol. The van der Waals surface area contributed by atoms with Crippen molar-refractivity contribution >= 4 is 11.8 Å². The lowest BCUT2D eigenvalue weighted by molar-refractivity contribution is 0.170. The van der Waals surface area contributed by atoms with Crippen LogP contribution in [-0.4, -0.2) is 12.5 Å². The largest absolute Gasteiger partial charge is 0.370 e. The molecule has 1 aromatic rings. The van der Waals surface area contributed by atoms with E-state index in [1.54, 1.807) is 18.9 Å². The predicted octanol–water partition coefficient (Wildman–Crippen LogP) is 3.47. The second-order valence-corrected chi connectivity index (χ2v) is 4.24. The molecule has 0 radical (unpaired) electrons. The van der Waals surface area contributed by atoms with Gasteiger partial charge in [-0.2, -0.15) is 0 Å². The average molecular weight is 196 g/mol. The summed E-state index contributed by atoms with van der Waals surface area (Å²) in [6.07, 6.45) is 1.04. The zero-order valence-electron chi connectivity index (χ0n) is 8.41. The Morgan fingerprint density at radius 1 is 1.31 bits per heavy atom. The molecule has 0 N–H and O–H groups in total. The topological polar surface area (TPSA) is 9.23 Å². The van der Waals surface area contributed by atoms with Gasteiger partial charge in [0.05, 0.1) is 0 Å². The molecule has 1 rings (SSSR count). The van der Waals surface area contributed by atoms with Crippen LogP contribution < -0.4 is 0 Å². The van der Waals surface area contributed by atoms with Gasteiger partial charge in [0.15, 0.2) is 0 Å². The molecule has 1 unspecified atom stereocenters. The molecule has 1 nitrogen and oxygen atoms in total. The molecule has 0 aromatic heterocycles. The minimum Gasteiger partial charge on any atom is -0.370 e. The summed E-state index contributed by atoms with van der Waals surface area (Å²) in [7, 11) is 1.76. The van der Waals surface area contributed by atoms with Crippen molar-refractivity contribution in [3.8, 4) is 0 Å². The zero-order chi connectivity index (χ0) is 9.68. The molecule has 0 aliphatic rings. The van der Waals surface area contributed by atoms with Crippen molar-refractivity contribution in [2.24, 2.45) is 0 Å². The molecule has 0 saturated carbocycles. The van der Waals surface area contributed by atoms with Crippen molar-refractivity contribution in [2.45, 2.75) is 30.6 Å². The number of rotatable bonds is 4. The van der Waals surface area contributed by atoms with Crippen LogP contribution in [0, 0.1) is 6.92 Å². The molecule has 1 aromatic carbocycles. The van der Waals surface area contributed by atoms with Crippen LogP contribution in [0.2, 0.25) is 0 Å². The second-order valence-electron chi connectivity index (χ2n) is 3.00. The Bertz CT molecular complexity index is 239. The van der Waals surface area contributed by atoms with Crippen LogP contribution in [0.1, 0.15) is 18.9 Å². The van der Waals surface area contributed by atoms with E-state index < -0.39 is 0 Å². The SMILES string of the molecule is CCC(OC)Sc1ccc(C)cc1. The highest BCUT2D eigenvalue weighted by Gasteiger charge is 2.05. The van der Waals surface area contributed by atoms with Crippen LogP contribution >= 0.6 is 11.8 Å². The van der Waals surface area contributed by atoms with Gasteiger partial charge in [0.25, 0.3) is 0 Å². The Labute approximate surface area is 84.5 Å². The van der Waals surface area contributed by atoms with Crippen LogP contribution in [0.5, 0.6) is 0 Å². The van der Waals surface area contributed by atoms with Crippen molar-refractivity contribution in [3.05, 3.63) is 29.8 Å². The fourth-order valence-corrected chi connectivity index (χ4v) is 1.93. The van der Waals surface area contributed by atoms with E-state index in [9.17, 15) is 0 Å². The Balaban J connectivity index is 2.58. The molecule has 0 aliphatic heterocycles. The third-order valence-corrected chi connectivity index (χ3v) is 3.22. The first kappa shape index (κ1) is 10.6. The van der Waals surface area contributed by atoms with Gasteiger partial charge < -0.3 is 4.74 Å². The van der Waals surface area contributed by atoms with Crippen LogP contribution in [-0.2, 0) is 4.74 Å². The van der Waals surface area contributed by atoms with Crippen molar-refractivity contribution in [1.82, 2.24) is 0 Å². The Morgan fingerprint density at radius 2 is 1.92 bits per heavy atom. The van der Waals surface area contributed by atoms with Gasteiger partial charge in [-0.15, -0.1) is 0 Å². The first-order valence-corrected chi connectivity index (χ1v) is 5.40. The Kier molecular flexibility index (Phi) is 4.33. The third kappa shape index (κ3) is 3.41. The molecule has 0 amide bonds. The number of thioether (sulfide) groups is 1. The summed E-state index contributed by atoms with van der Waals surface area (Å²) in [5.41, 5.74) is 1.58. The van der Waals surface area contributed by atoms with Crippen molar-refractivity contribution in [1.29, 1.82) is 0 Å². The van der Waals surface area contributed by atoms with E-state index in [2.05, 4.69) is 38.1 Å². The van der Waals surface area contributed by atoms with Gasteiger partial charge >= 0.3 is 0 Å². The van der Waals surface area contributed by atoms with Gasteiger partial charge in [-0.05, 0) is 25.5 Å². The zero-order valence-corrected chi connectivity index (χ0v) is 9.23. The Hall–Kier alpha value is -0.470. The summed E-state index contributed by atoms with van der Waals surface area (Å²) < 4.78 is 5.30. The van der Waals surface area contributed by atoms with E-state index in [0.717, 1.165) is 6.42 Å². The normalized spacial score (nSPS) is 12.8. The first-order valence-electron chi connectivity index (χ1n) is 4.52. The van der Waals surface area contributed by atoms with Gasteiger partial charge in [-0.1, -0.05) is 36.4 Å². The van der Waals surface area contributed by atoms with E-state index in [1.807, 2.05) is 0 Å². The highest BCUT2D eigenvalue weighted by Crippen LogP contribution is 2.25. The average Bonchev–Trinajstić information content (AvgIpc) is 2.17. The van der Waals surface area contributed by atoms with E-state index in [4.69, 9.17) is 4.74 Å². The number of methoxy groups -OCH3 is 1. The maximum Gasteiger partial charge on any atom is 0.107 e. The fraction of sp³-hybridized carbons (Fsp3) is 0.455. The van der Waals surface area contributed by atoms with Crippen LogP contribution in [0.25, 0.3) is 0 Å². The summed E-state index contributed by atoms with van der Waals surface area (Å²) in [5, 5.41) is 0. The van der Waals surface area contributed by atoms with E-state index in [0.29, 0.717) is 0 Å². The van der Waals surface area contributed by atoms with Gasteiger partial charge in [0.1, 0.15) is 5.44 Å². The molecule has 0 bridgehead atoms. The van der Waals surface area contributed by atoms with Gasteiger partial charge in [0.2, 0.25) is 0 Å². The molecule has 0 fully saturated rings. The maximum absolute atomic E-state index is 5.30. The molecule has 2 heteroatoms. The molecule has 0 spiro atoms. The summed E-state index contributed by atoms with van der Waals surface area (Å²) in [6, 6.07) is 8.54. The molecule has 0 saturated heterocycles. The minimum absolute atomic E-state index is 0.280. The fourth-order valence-electron chi connectivity index (χ4n) is 1.07. The smallest absolute Gasteiger partial charge is 0.107 e. The second kappa shape index (κ2) is 5.30. The standard InChI is InChI=1S/C11H16OS/c1-4-11(12-3)13-10-7-5-9(2)6-8-10/h5-8,11H,4H2,1-3H3. The lowest BCUT2D eigenvalue weighted by Gasteiger charge is -2.11. The summed E-state index contributed by atoms with van der Waals surface area (Å²) in [5.74, 6) is 0. The number of benzene rings is 1. The molecule has 1 atom stereocenters.